The summed E-state index contributed by atoms with van der Waals surface area (Å²) in [5.74, 6) is 3.90. The standard InChI is InChI=1S/C10H14O/c11-9-4-3-6-1-2-7-5-8(9)10(6)7/h6-8,10H,1-5H2. The predicted molar refractivity (Wildman–Crippen MR) is 42.1 cm³/mol. The van der Waals surface area contributed by atoms with Gasteiger partial charge in [-0.05, 0) is 43.4 Å². The van der Waals surface area contributed by atoms with Gasteiger partial charge in [-0.2, -0.15) is 0 Å². The maximum atomic E-state index is 11.4. The lowest BCUT2D eigenvalue weighted by atomic mass is 9.58. The third-order valence-electron chi connectivity index (χ3n) is 4.19. The second kappa shape index (κ2) is 1.88. The van der Waals surface area contributed by atoms with Crippen LogP contribution in [-0.4, -0.2) is 5.78 Å². The zero-order valence-corrected chi connectivity index (χ0v) is 6.75. The van der Waals surface area contributed by atoms with Gasteiger partial charge in [0.05, 0.1) is 0 Å². The quantitative estimate of drug-likeness (QED) is 0.516. The first-order valence-corrected chi connectivity index (χ1v) is 4.89. The summed E-state index contributed by atoms with van der Waals surface area (Å²) in [7, 11) is 0. The maximum absolute atomic E-state index is 11.4. The average molecular weight is 150 g/mol. The van der Waals surface area contributed by atoms with Crippen LogP contribution in [0.25, 0.3) is 0 Å². The molecule has 60 valence electrons. The summed E-state index contributed by atoms with van der Waals surface area (Å²) in [6.45, 7) is 0. The predicted octanol–water partition coefficient (Wildman–Crippen LogP) is 2.01. The van der Waals surface area contributed by atoms with Crippen molar-refractivity contribution < 1.29 is 4.79 Å². The van der Waals surface area contributed by atoms with E-state index in [0.29, 0.717) is 11.7 Å². The van der Waals surface area contributed by atoms with E-state index in [1.54, 1.807) is 0 Å². The van der Waals surface area contributed by atoms with Crippen LogP contribution in [-0.2, 0) is 4.79 Å². The molecule has 3 aliphatic carbocycles. The zero-order chi connectivity index (χ0) is 7.42. The summed E-state index contributed by atoms with van der Waals surface area (Å²) in [6, 6.07) is 0. The third kappa shape index (κ3) is 0.646. The number of carbonyl (C=O) groups is 1. The molecular formula is C10H14O. The molecule has 3 rings (SSSR count). The SMILES string of the molecule is O=C1CCC2CCC3CC1C23. The highest BCUT2D eigenvalue weighted by molar-refractivity contribution is 5.83. The Kier molecular flexibility index (Phi) is 1.06. The van der Waals surface area contributed by atoms with Gasteiger partial charge < -0.3 is 0 Å². The third-order valence-corrected chi connectivity index (χ3v) is 4.19. The minimum Gasteiger partial charge on any atom is -0.299 e. The molecule has 0 aliphatic heterocycles. The monoisotopic (exact) mass is 150 g/mol. The summed E-state index contributed by atoms with van der Waals surface area (Å²) in [4.78, 5) is 11.4. The minimum absolute atomic E-state index is 0.529. The molecule has 0 bridgehead atoms. The van der Waals surface area contributed by atoms with E-state index in [4.69, 9.17) is 0 Å². The van der Waals surface area contributed by atoms with Crippen LogP contribution in [0.2, 0.25) is 0 Å². The number of ketones is 1. The molecule has 0 aromatic heterocycles. The molecule has 1 nitrogen and oxygen atoms in total. The Labute approximate surface area is 67.2 Å². The molecule has 4 unspecified atom stereocenters. The molecule has 0 N–H and O–H groups in total. The Balaban J connectivity index is 1.90. The second-order valence-electron chi connectivity index (χ2n) is 4.52. The van der Waals surface area contributed by atoms with Gasteiger partial charge in [0.2, 0.25) is 0 Å². The average Bonchev–Trinajstić information content (AvgIpc) is 2.27. The van der Waals surface area contributed by atoms with Gasteiger partial charge in [-0.15, -0.1) is 0 Å². The molecule has 0 saturated heterocycles. The highest BCUT2D eigenvalue weighted by Crippen LogP contribution is 2.58. The van der Waals surface area contributed by atoms with Gasteiger partial charge in [0.1, 0.15) is 5.78 Å². The highest BCUT2D eigenvalue weighted by Gasteiger charge is 2.53. The van der Waals surface area contributed by atoms with Crippen LogP contribution in [0.4, 0.5) is 0 Å². The van der Waals surface area contributed by atoms with E-state index in [9.17, 15) is 4.79 Å². The summed E-state index contributed by atoms with van der Waals surface area (Å²) in [6.07, 6.45) is 6.23. The van der Waals surface area contributed by atoms with Crippen LogP contribution in [0, 0.1) is 23.7 Å². The number of carbonyl (C=O) groups excluding carboxylic acids is 1. The maximum Gasteiger partial charge on any atom is 0.136 e. The molecule has 3 aliphatic rings. The molecule has 0 aromatic carbocycles. The van der Waals surface area contributed by atoms with Crippen molar-refractivity contribution in [2.45, 2.75) is 32.1 Å². The Bertz CT molecular complexity index is 209. The summed E-state index contributed by atoms with van der Waals surface area (Å²) >= 11 is 0. The molecular weight excluding hydrogens is 136 g/mol. The molecule has 0 aromatic rings. The fraction of sp³-hybridized carbons (Fsp3) is 0.900. The number of rotatable bonds is 0. The normalized spacial score (nSPS) is 53.6. The molecule has 4 atom stereocenters. The van der Waals surface area contributed by atoms with Crippen LogP contribution < -0.4 is 0 Å². The molecule has 1 heteroatoms. The number of Topliss-reactive ketones (excluding diaryl/α,β-unsaturated/α-hetero) is 1. The first-order valence-electron chi connectivity index (χ1n) is 4.89. The van der Waals surface area contributed by atoms with Gasteiger partial charge >= 0.3 is 0 Å². The van der Waals surface area contributed by atoms with Gasteiger partial charge in [0.25, 0.3) is 0 Å². The van der Waals surface area contributed by atoms with E-state index in [2.05, 4.69) is 0 Å². The molecule has 0 heterocycles. The van der Waals surface area contributed by atoms with E-state index in [1.807, 2.05) is 0 Å². The Morgan fingerprint density at radius 3 is 2.82 bits per heavy atom. The van der Waals surface area contributed by atoms with Crippen LogP contribution >= 0.6 is 0 Å². The molecule has 0 spiro atoms. The molecule has 3 saturated carbocycles. The minimum atomic E-state index is 0.529. The van der Waals surface area contributed by atoms with Crippen LogP contribution in [0.3, 0.4) is 0 Å². The highest BCUT2D eigenvalue weighted by atomic mass is 16.1. The fourth-order valence-electron chi connectivity index (χ4n) is 3.61. The fourth-order valence-corrected chi connectivity index (χ4v) is 3.61. The van der Waals surface area contributed by atoms with E-state index in [-0.39, 0.29) is 0 Å². The van der Waals surface area contributed by atoms with Crippen molar-refractivity contribution in [3.05, 3.63) is 0 Å². The summed E-state index contributed by atoms with van der Waals surface area (Å²) in [5.41, 5.74) is 0. The van der Waals surface area contributed by atoms with Crippen molar-refractivity contribution in [2.75, 3.05) is 0 Å². The molecule has 0 radical (unpaired) electrons. The first kappa shape index (κ1) is 6.22. The van der Waals surface area contributed by atoms with Gasteiger partial charge in [0.15, 0.2) is 0 Å². The lowest BCUT2D eigenvalue weighted by Gasteiger charge is -2.45. The Morgan fingerprint density at radius 1 is 1.09 bits per heavy atom. The van der Waals surface area contributed by atoms with Gasteiger partial charge in [-0.1, -0.05) is 0 Å². The smallest absolute Gasteiger partial charge is 0.136 e. The summed E-state index contributed by atoms with van der Waals surface area (Å²) in [5, 5.41) is 0. The Hall–Kier alpha value is -0.330. The van der Waals surface area contributed by atoms with E-state index < -0.39 is 0 Å². The largest absolute Gasteiger partial charge is 0.299 e. The van der Waals surface area contributed by atoms with E-state index in [0.717, 1.165) is 24.2 Å². The zero-order valence-electron chi connectivity index (χ0n) is 6.75. The van der Waals surface area contributed by atoms with Crippen LogP contribution in [0.5, 0.6) is 0 Å². The van der Waals surface area contributed by atoms with Crippen molar-refractivity contribution in [2.24, 2.45) is 23.7 Å². The van der Waals surface area contributed by atoms with Crippen molar-refractivity contribution in [3.63, 3.8) is 0 Å². The summed E-state index contributed by atoms with van der Waals surface area (Å²) < 4.78 is 0. The van der Waals surface area contributed by atoms with Crippen LogP contribution in [0.1, 0.15) is 32.1 Å². The van der Waals surface area contributed by atoms with Gasteiger partial charge in [-0.25, -0.2) is 0 Å². The molecule has 11 heavy (non-hydrogen) atoms. The van der Waals surface area contributed by atoms with E-state index in [1.165, 1.54) is 25.7 Å². The van der Waals surface area contributed by atoms with Gasteiger partial charge in [0, 0.05) is 12.3 Å². The van der Waals surface area contributed by atoms with Crippen LogP contribution in [0.15, 0.2) is 0 Å². The second-order valence-corrected chi connectivity index (χ2v) is 4.52. The van der Waals surface area contributed by atoms with Crippen molar-refractivity contribution in [3.8, 4) is 0 Å². The lowest BCUT2D eigenvalue weighted by Crippen LogP contribution is -2.44. The van der Waals surface area contributed by atoms with Gasteiger partial charge in [-0.3, -0.25) is 4.79 Å². The van der Waals surface area contributed by atoms with E-state index >= 15 is 0 Å². The topological polar surface area (TPSA) is 17.1 Å². The van der Waals surface area contributed by atoms with Crippen molar-refractivity contribution in [1.29, 1.82) is 0 Å². The number of hydrogen-bond donors (Lipinski definition) is 0. The molecule has 3 fully saturated rings. The van der Waals surface area contributed by atoms with Crippen molar-refractivity contribution >= 4 is 5.78 Å². The first-order chi connectivity index (χ1) is 5.36. The lowest BCUT2D eigenvalue weighted by molar-refractivity contribution is -0.135. The number of hydrogen-bond acceptors (Lipinski definition) is 1. The van der Waals surface area contributed by atoms with Crippen molar-refractivity contribution in [1.82, 2.24) is 0 Å². The Morgan fingerprint density at radius 2 is 1.91 bits per heavy atom. The molecule has 0 amide bonds.